The van der Waals surface area contributed by atoms with E-state index in [1.807, 2.05) is 0 Å². The number of hydrogen-bond donors (Lipinski definition) is 3. The number of benzene rings is 1. The molecule has 0 aliphatic carbocycles. The SMILES string of the molecule is CC1(CNc2cc(-c3cc(NC(=O)C4CCCNC4)ncc3Cl)ccc2F)CCOCC1. The lowest BCUT2D eigenvalue weighted by Gasteiger charge is -2.34. The molecule has 0 saturated carbocycles. The maximum Gasteiger partial charge on any atom is 0.229 e. The Bertz CT molecular complexity index is 959. The molecule has 1 atom stereocenters. The van der Waals surface area contributed by atoms with Gasteiger partial charge in [0.1, 0.15) is 11.6 Å². The molecule has 1 aromatic carbocycles. The standard InChI is InChI=1S/C24H30ClFN4O2/c1-24(6-9-32-10-7-24)15-29-21-11-16(4-5-20(21)26)18-12-22(28-14-19(18)25)30-23(31)17-3-2-8-27-13-17/h4-5,11-12,14,17,27,29H,2-3,6-10,13,15H2,1H3,(H,28,30,31). The molecule has 3 heterocycles. The molecule has 8 heteroatoms. The van der Waals surface area contributed by atoms with Crippen LogP contribution < -0.4 is 16.0 Å². The first-order valence-corrected chi connectivity index (χ1v) is 11.6. The van der Waals surface area contributed by atoms with Crippen molar-refractivity contribution in [2.24, 2.45) is 11.3 Å². The average molecular weight is 461 g/mol. The Kier molecular flexibility index (Phi) is 7.28. The predicted molar refractivity (Wildman–Crippen MR) is 126 cm³/mol. The summed E-state index contributed by atoms with van der Waals surface area (Å²) in [6.45, 7) is 5.95. The minimum absolute atomic E-state index is 0.0517. The highest BCUT2D eigenvalue weighted by molar-refractivity contribution is 6.33. The maximum atomic E-state index is 14.5. The molecule has 1 aromatic heterocycles. The van der Waals surface area contributed by atoms with Gasteiger partial charge in [-0.1, -0.05) is 24.6 Å². The second-order valence-corrected chi connectivity index (χ2v) is 9.46. The fraction of sp³-hybridized carbons (Fsp3) is 0.500. The number of amides is 1. The number of nitrogens with one attached hydrogen (secondary N) is 3. The van der Waals surface area contributed by atoms with Crippen molar-refractivity contribution in [3.05, 3.63) is 41.3 Å². The minimum atomic E-state index is -0.312. The van der Waals surface area contributed by atoms with Crippen LogP contribution in [0.5, 0.6) is 0 Å². The summed E-state index contributed by atoms with van der Waals surface area (Å²) in [6.07, 6.45) is 5.24. The van der Waals surface area contributed by atoms with E-state index in [-0.39, 0.29) is 23.1 Å². The Morgan fingerprint density at radius 2 is 2.16 bits per heavy atom. The Morgan fingerprint density at radius 3 is 2.91 bits per heavy atom. The zero-order chi connectivity index (χ0) is 22.6. The van der Waals surface area contributed by atoms with E-state index in [2.05, 4.69) is 27.9 Å². The highest BCUT2D eigenvalue weighted by Crippen LogP contribution is 2.34. The van der Waals surface area contributed by atoms with Crippen LogP contribution in [0.15, 0.2) is 30.5 Å². The van der Waals surface area contributed by atoms with Crippen molar-refractivity contribution in [3.63, 3.8) is 0 Å². The predicted octanol–water partition coefficient (Wildman–Crippen LogP) is 4.71. The Labute approximate surface area is 193 Å². The van der Waals surface area contributed by atoms with Gasteiger partial charge in [-0.25, -0.2) is 9.37 Å². The number of carbonyl (C=O) groups is 1. The summed E-state index contributed by atoms with van der Waals surface area (Å²) >= 11 is 6.42. The third-order valence-electron chi connectivity index (χ3n) is 6.46. The van der Waals surface area contributed by atoms with Gasteiger partial charge in [0.15, 0.2) is 0 Å². The second-order valence-electron chi connectivity index (χ2n) is 9.05. The Morgan fingerprint density at radius 1 is 1.34 bits per heavy atom. The third kappa shape index (κ3) is 5.57. The molecule has 2 aliphatic rings. The number of hydrogen-bond acceptors (Lipinski definition) is 5. The van der Waals surface area contributed by atoms with E-state index in [0.29, 0.717) is 35.2 Å². The van der Waals surface area contributed by atoms with Crippen LogP contribution in [0.4, 0.5) is 15.9 Å². The van der Waals surface area contributed by atoms with Crippen molar-refractivity contribution in [1.29, 1.82) is 0 Å². The van der Waals surface area contributed by atoms with Crippen molar-refractivity contribution < 1.29 is 13.9 Å². The highest BCUT2D eigenvalue weighted by Gasteiger charge is 2.27. The van der Waals surface area contributed by atoms with Crippen LogP contribution in [0.2, 0.25) is 5.02 Å². The lowest BCUT2D eigenvalue weighted by molar-refractivity contribution is -0.120. The van der Waals surface area contributed by atoms with Gasteiger partial charge in [-0.15, -0.1) is 0 Å². The van der Waals surface area contributed by atoms with Crippen LogP contribution in [0.3, 0.4) is 0 Å². The lowest BCUT2D eigenvalue weighted by atomic mass is 9.82. The van der Waals surface area contributed by atoms with E-state index >= 15 is 0 Å². The molecule has 1 amide bonds. The van der Waals surface area contributed by atoms with Gasteiger partial charge in [-0.2, -0.15) is 0 Å². The first kappa shape index (κ1) is 23.0. The first-order chi connectivity index (χ1) is 15.4. The summed E-state index contributed by atoms with van der Waals surface area (Å²) in [5.74, 6) is 0.00318. The number of pyridine rings is 1. The quantitative estimate of drug-likeness (QED) is 0.582. The van der Waals surface area contributed by atoms with Gasteiger partial charge in [0.25, 0.3) is 0 Å². The van der Waals surface area contributed by atoms with Crippen molar-refractivity contribution in [2.45, 2.75) is 32.6 Å². The molecule has 2 saturated heterocycles. The van der Waals surface area contributed by atoms with Gasteiger partial charge < -0.3 is 20.7 Å². The van der Waals surface area contributed by atoms with E-state index in [4.69, 9.17) is 16.3 Å². The summed E-state index contributed by atoms with van der Waals surface area (Å²) in [7, 11) is 0. The summed E-state index contributed by atoms with van der Waals surface area (Å²) in [5.41, 5.74) is 1.95. The molecular formula is C24H30ClFN4O2. The number of nitrogens with zero attached hydrogens (tertiary/aromatic N) is 1. The molecule has 2 fully saturated rings. The number of anilines is 2. The molecule has 0 radical (unpaired) electrons. The normalized spacial score (nSPS) is 20.5. The topological polar surface area (TPSA) is 75.3 Å². The van der Waals surface area contributed by atoms with E-state index in [9.17, 15) is 9.18 Å². The van der Waals surface area contributed by atoms with Crippen LogP contribution in [-0.4, -0.2) is 43.7 Å². The molecule has 2 aliphatic heterocycles. The average Bonchev–Trinajstić information content (AvgIpc) is 2.81. The zero-order valence-electron chi connectivity index (χ0n) is 18.3. The number of halogens is 2. The van der Waals surface area contributed by atoms with E-state index in [0.717, 1.165) is 51.0 Å². The van der Waals surface area contributed by atoms with Gasteiger partial charge in [0, 0.05) is 38.1 Å². The highest BCUT2D eigenvalue weighted by atomic mass is 35.5. The Hall–Kier alpha value is -2.22. The second kappa shape index (κ2) is 10.1. The van der Waals surface area contributed by atoms with E-state index in [1.165, 1.54) is 12.3 Å². The molecule has 4 rings (SSSR count). The van der Waals surface area contributed by atoms with Gasteiger partial charge in [0.05, 0.1) is 16.6 Å². The van der Waals surface area contributed by atoms with Crippen molar-refractivity contribution >= 4 is 29.0 Å². The minimum Gasteiger partial charge on any atom is -0.382 e. The molecule has 1 unspecified atom stereocenters. The summed E-state index contributed by atoms with van der Waals surface area (Å²) in [6, 6.07) is 6.63. The molecule has 0 spiro atoms. The molecule has 3 N–H and O–H groups in total. The third-order valence-corrected chi connectivity index (χ3v) is 6.76. The number of piperidine rings is 1. The van der Waals surface area contributed by atoms with Crippen molar-refractivity contribution in [3.8, 4) is 11.1 Å². The summed E-state index contributed by atoms with van der Waals surface area (Å²) in [4.78, 5) is 16.8. The van der Waals surface area contributed by atoms with E-state index < -0.39 is 0 Å². The molecule has 2 aromatic rings. The first-order valence-electron chi connectivity index (χ1n) is 11.2. The Balaban J connectivity index is 1.50. The summed E-state index contributed by atoms with van der Waals surface area (Å²) < 4.78 is 20.0. The fourth-order valence-electron chi connectivity index (χ4n) is 4.21. The van der Waals surface area contributed by atoms with Crippen LogP contribution >= 0.6 is 11.6 Å². The molecule has 0 bridgehead atoms. The number of rotatable bonds is 6. The van der Waals surface area contributed by atoms with Gasteiger partial charge in [0.2, 0.25) is 5.91 Å². The van der Waals surface area contributed by atoms with Crippen molar-refractivity contribution in [2.75, 3.05) is 43.5 Å². The maximum absolute atomic E-state index is 14.5. The lowest BCUT2D eigenvalue weighted by Crippen LogP contribution is -2.37. The van der Waals surface area contributed by atoms with Gasteiger partial charge >= 0.3 is 0 Å². The van der Waals surface area contributed by atoms with Crippen LogP contribution in [0.1, 0.15) is 32.6 Å². The zero-order valence-corrected chi connectivity index (χ0v) is 19.1. The van der Waals surface area contributed by atoms with Crippen LogP contribution in [0.25, 0.3) is 11.1 Å². The molecular weight excluding hydrogens is 431 g/mol. The van der Waals surface area contributed by atoms with Crippen LogP contribution in [-0.2, 0) is 9.53 Å². The monoisotopic (exact) mass is 460 g/mol. The number of aromatic nitrogens is 1. The molecule has 6 nitrogen and oxygen atoms in total. The van der Waals surface area contributed by atoms with Gasteiger partial charge in [-0.05, 0) is 61.4 Å². The molecule has 32 heavy (non-hydrogen) atoms. The number of ether oxygens (including phenoxy) is 1. The molecule has 172 valence electrons. The number of carbonyl (C=O) groups excluding carboxylic acids is 1. The van der Waals surface area contributed by atoms with E-state index in [1.54, 1.807) is 18.2 Å². The smallest absolute Gasteiger partial charge is 0.229 e. The summed E-state index contributed by atoms with van der Waals surface area (Å²) in [5, 5.41) is 9.86. The fourth-order valence-corrected chi connectivity index (χ4v) is 4.42. The largest absolute Gasteiger partial charge is 0.382 e. The van der Waals surface area contributed by atoms with Crippen molar-refractivity contribution in [1.82, 2.24) is 10.3 Å². The van der Waals surface area contributed by atoms with Gasteiger partial charge in [-0.3, -0.25) is 4.79 Å². The van der Waals surface area contributed by atoms with Crippen LogP contribution in [0, 0.1) is 17.2 Å².